The van der Waals surface area contributed by atoms with E-state index in [1.807, 2.05) is 7.05 Å². The standard InChI is InChI=1S/C8H18N2O/c1-7(11)8(10-2)5-3-4-6-9/h8,10H,3-6,9H2,1-2H3. The minimum atomic E-state index is 0.0292. The van der Waals surface area contributed by atoms with Crippen molar-refractivity contribution in [1.29, 1.82) is 0 Å². The molecule has 0 heterocycles. The predicted octanol–water partition coefficient (Wildman–Crippen LogP) is 0.292. The lowest BCUT2D eigenvalue weighted by Gasteiger charge is -2.11. The Kier molecular flexibility index (Phi) is 6.07. The van der Waals surface area contributed by atoms with Gasteiger partial charge in [-0.15, -0.1) is 0 Å². The van der Waals surface area contributed by atoms with Crippen LogP contribution in [0, 0.1) is 0 Å². The van der Waals surface area contributed by atoms with Crippen molar-refractivity contribution in [2.45, 2.75) is 32.2 Å². The molecule has 3 heteroatoms. The maximum atomic E-state index is 10.9. The molecule has 0 aliphatic carbocycles. The number of unbranched alkanes of at least 4 members (excludes halogenated alkanes) is 1. The summed E-state index contributed by atoms with van der Waals surface area (Å²) in [6, 6.07) is 0.0292. The van der Waals surface area contributed by atoms with Crippen molar-refractivity contribution in [1.82, 2.24) is 5.32 Å². The number of carbonyl (C=O) groups is 1. The van der Waals surface area contributed by atoms with E-state index >= 15 is 0 Å². The summed E-state index contributed by atoms with van der Waals surface area (Å²) >= 11 is 0. The van der Waals surface area contributed by atoms with Gasteiger partial charge in [0.15, 0.2) is 0 Å². The Morgan fingerprint density at radius 3 is 2.55 bits per heavy atom. The van der Waals surface area contributed by atoms with Gasteiger partial charge in [-0.05, 0) is 33.4 Å². The first-order valence-corrected chi connectivity index (χ1v) is 4.10. The van der Waals surface area contributed by atoms with Gasteiger partial charge in [-0.1, -0.05) is 6.42 Å². The molecule has 3 N–H and O–H groups in total. The second-order valence-corrected chi connectivity index (χ2v) is 2.74. The molecule has 0 aliphatic rings. The Morgan fingerprint density at radius 1 is 1.55 bits per heavy atom. The van der Waals surface area contributed by atoms with E-state index in [1.165, 1.54) is 0 Å². The lowest BCUT2D eigenvalue weighted by molar-refractivity contribution is -0.119. The Morgan fingerprint density at radius 2 is 2.18 bits per heavy atom. The van der Waals surface area contributed by atoms with E-state index in [0.717, 1.165) is 19.3 Å². The van der Waals surface area contributed by atoms with E-state index < -0.39 is 0 Å². The molecule has 66 valence electrons. The van der Waals surface area contributed by atoms with Gasteiger partial charge in [0.2, 0.25) is 0 Å². The van der Waals surface area contributed by atoms with Crippen LogP contribution in [0.3, 0.4) is 0 Å². The monoisotopic (exact) mass is 158 g/mol. The summed E-state index contributed by atoms with van der Waals surface area (Å²) in [7, 11) is 1.81. The van der Waals surface area contributed by atoms with Crippen LogP contribution in [0.5, 0.6) is 0 Å². The first kappa shape index (κ1) is 10.6. The Labute approximate surface area is 68.3 Å². The molecule has 0 amide bonds. The van der Waals surface area contributed by atoms with Crippen LogP contribution in [-0.4, -0.2) is 25.4 Å². The molecule has 11 heavy (non-hydrogen) atoms. The molecule has 0 radical (unpaired) electrons. The van der Waals surface area contributed by atoms with Gasteiger partial charge in [-0.2, -0.15) is 0 Å². The molecule has 1 atom stereocenters. The fourth-order valence-electron chi connectivity index (χ4n) is 1.04. The van der Waals surface area contributed by atoms with Crippen molar-refractivity contribution < 1.29 is 4.79 Å². The van der Waals surface area contributed by atoms with Gasteiger partial charge in [-0.25, -0.2) is 0 Å². The number of nitrogens with two attached hydrogens (primary N) is 1. The zero-order valence-electron chi connectivity index (χ0n) is 7.39. The van der Waals surface area contributed by atoms with Crippen LogP contribution in [0.1, 0.15) is 26.2 Å². The Balaban J connectivity index is 3.44. The van der Waals surface area contributed by atoms with Gasteiger partial charge < -0.3 is 11.1 Å². The van der Waals surface area contributed by atoms with Gasteiger partial charge in [0, 0.05) is 0 Å². The smallest absolute Gasteiger partial charge is 0.146 e. The van der Waals surface area contributed by atoms with Gasteiger partial charge in [0.05, 0.1) is 6.04 Å². The summed E-state index contributed by atoms with van der Waals surface area (Å²) in [5.41, 5.74) is 5.33. The highest BCUT2D eigenvalue weighted by Crippen LogP contribution is 2.00. The summed E-state index contributed by atoms with van der Waals surface area (Å²) in [6.07, 6.45) is 2.94. The zero-order chi connectivity index (χ0) is 8.69. The number of hydrogen-bond donors (Lipinski definition) is 2. The van der Waals surface area contributed by atoms with E-state index in [9.17, 15) is 4.79 Å². The van der Waals surface area contributed by atoms with Crippen molar-refractivity contribution >= 4 is 5.78 Å². The summed E-state index contributed by atoms with van der Waals surface area (Å²) < 4.78 is 0. The number of ketones is 1. The molecular weight excluding hydrogens is 140 g/mol. The molecular formula is C8H18N2O. The van der Waals surface area contributed by atoms with E-state index in [1.54, 1.807) is 6.92 Å². The highest BCUT2D eigenvalue weighted by Gasteiger charge is 2.09. The molecule has 0 rings (SSSR count). The summed E-state index contributed by atoms with van der Waals surface area (Å²) in [5, 5.41) is 2.97. The van der Waals surface area contributed by atoms with Crippen molar-refractivity contribution in [2.75, 3.05) is 13.6 Å². The summed E-state index contributed by atoms with van der Waals surface area (Å²) in [6.45, 7) is 2.33. The number of carbonyl (C=O) groups excluding carboxylic acids is 1. The molecule has 0 fully saturated rings. The number of nitrogens with one attached hydrogen (secondary N) is 1. The first-order chi connectivity index (χ1) is 5.22. The fourth-order valence-corrected chi connectivity index (χ4v) is 1.04. The van der Waals surface area contributed by atoms with E-state index in [0.29, 0.717) is 6.54 Å². The third-order valence-corrected chi connectivity index (χ3v) is 1.79. The van der Waals surface area contributed by atoms with Gasteiger partial charge in [-0.3, -0.25) is 4.79 Å². The highest BCUT2D eigenvalue weighted by atomic mass is 16.1. The molecule has 3 nitrogen and oxygen atoms in total. The number of likely N-dealkylation sites (N-methyl/N-ethyl adjacent to an activating group) is 1. The van der Waals surface area contributed by atoms with Crippen molar-refractivity contribution in [3.63, 3.8) is 0 Å². The molecule has 0 aromatic rings. The molecule has 0 aromatic heterocycles. The normalized spacial score (nSPS) is 13.0. The van der Waals surface area contributed by atoms with Crippen molar-refractivity contribution in [3.05, 3.63) is 0 Å². The molecule has 0 aliphatic heterocycles. The number of Topliss-reactive ketones (excluding diaryl/α,β-unsaturated/α-hetero) is 1. The molecule has 0 spiro atoms. The maximum absolute atomic E-state index is 10.9. The Hall–Kier alpha value is -0.410. The van der Waals surface area contributed by atoms with Gasteiger partial charge >= 0.3 is 0 Å². The molecule has 0 bridgehead atoms. The van der Waals surface area contributed by atoms with Crippen LogP contribution < -0.4 is 11.1 Å². The van der Waals surface area contributed by atoms with Crippen LogP contribution >= 0.6 is 0 Å². The minimum Gasteiger partial charge on any atom is -0.330 e. The average molecular weight is 158 g/mol. The quantitative estimate of drug-likeness (QED) is 0.546. The second kappa shape index (κ2) is 6.31. The maximum Gasteiger partial charge on any atom is 0.146 e. The number of rotatable bonds is 6. The second-order valence-electron chi connectivity index (χ2n) is 2.74. The minimum absolute atomic E-state index is 0.0292. The third-order valence-electron chi connectivity index (χ3n) is 1.79. The molecule has 0 aromatic carbocycles. The van der Waals surface area contributed by atoms with Crippen molar-refractivity contribution in [3.8, 4) is 0 Å². The fraction of sp³-hybridized carbons (Fsp3) is 0.875. The lowest BCUT2D eigenvalue weighted by atomic mass is 10.1. The number of hydrogen-bond acceptors (Lipinski definition) is 3. The van der Waals surface area contributed by atoms with E-state index in [4.69, 9.17) is 5.73 Å². The molecule has 1 unspecified atom stereocenters. The summed E-state index contributed by atoms with van der Waals surface area (Å²) in [4.78, 5) is 10.9. The zero-order valence-corrected chi connectivity index (χ0v) is 7.39. The van der Waals surface area contributed by atoms with E-state index in [2.05, 4.69) is 5.32 Å². The van der Waals surface area contributed by atoms with Gasteiger partial charge in [0.1, 0.15) is 5.78 Å². The van der Waals surface area contributed by atoms with Crippen LogP contribution in [0.15, 0.2) is 0 Å². The average Bonchev–Trinajstić information content (AvgIpc) is 1.97. The lowest BCUT2D eigenvalue weighted by Crippen LogP contribution is -2.32. The van der Waals surface area contributed by atoms with Crippen LogP contribution in [0.2, 0.25) is 0 Å². The highest BCUT2D eigenvalue weighted by molar-refractivity contribution is 5.81. The SMILES string of the molecule is CNC(CCCCN)C(C)=O. The molecule has 0 saturated heterocycles. The molecule has 0 saturated carbocycles. The van der Waals surface area contributed by atoms with Crippen LogP contribution in [0.4, 0.5) is 0 Å². The van der Waals surface area contributed by atoms with Crippen LogP contribution in [0.25, 0.3) is 0 Å². The topological polar surface area (TPSA) is 55.1 Å². The predicted molar refractivity (Wildman–Crippen MR) is 46.4 cm³/mol. The van der Waals surface area contributed by atoms with E-state index in [-0.39, 0.29) is 11.8 Å². The summed E-state index contributed by atoms with van der Waals surface area (Å²) in [5.74, 6) is 0.213. The Bertz CT molecular complexity index is 115. The largest absolute Gasteiger partial charge is 0.330 e. The first-order valence-electron chi connectivity index (χ1n) is 4.10. The van der Waals surface area contributed by atoms with Gasteiger partial charge in [0.25, 0.3) is 0 Å². The third kappa shape index (κ3) is 4.93. The van der Waals surface area contributed by atoms with Crippen LogP contribution in [-0.2, 0) is 4.79 Å². The van der Waals surface area contributed by atoms with Crippen molar-refractivity contribution in [2.24, 2.45) is 5.73 Å².